The van der Waals surface area contributed by atoms with Crippen LogP contribution in [0.2, 0.25) is 0 Å². The van der Waals surface area contributed by atoms with Crippen LogP contribution in [-0.2, 0) is 0 Å². The minimum atomic E-state index is -0.693. The van der Waals surface area contributed by atoms with Crippen molar-refractivity contribution in [3.8, 4) is 51.7 Å². The molecular formula is C42H32O9. The summed E-state index contributed by atoms with van der Waals surface area (Å²) >= 11 is 0. The van der Waals surface area contributed by atoms with Gasteiger partial charge in [0.05, 0.1) is 5.92 Å². The lowest BCUT2D eigenvalue weighted by atomic mass is 9.69. The van der Waals surface area contributed by atoms with Gasteiger partial charge in [-0.2, -0.15) is 0 Å². The summed E-state index contributed by atoms with van der Waals surface area (Å²) in [6.45, 7) is 0. The topological polar surface area (TPSA) is 171 Å². The maximum Gasteiger partial charge on any atom is 0.135 e. The van der Waals surface area contributed by atoms with Gasteiger partial charge in [-0.25, -0.2) is 0 Å². The molecule has 6 aromatic rings. The molecular weight excluding hydrogens is 648 g/mol. The van der Waals surface area contributed by atoms with Gasteiger partial charge in [0.2, 0.25) is 0 Å². The Bertz CT molecular complexity index is 2330. The molecule has 3 aliphatic rings. The average molecular weight is 681 g/mol. The predicted molar refractivity (Wildman–Crippen MR) is 186 cm³/mol. The van der Waals surface area contributed by atoms with Gasteiger partial charge in [-0.15, -0.1) is 0 Å². The fraction of sp³-hybridized carbons (Fsp3) is 0.143. The van der Waals surface area contributed by atoms with E-state index in [2.05, 4.69) is 0 Å². The Morgan fingerprint density at radius 2 is 0.863 bits per heavy atom. The predicted octanol–water partition coefficient (Wildman–Crippen LogP) is 7.76. The molecule has 0 radical (unpaired) electrons. The number of fused-ring (bicyclic) bond motifs is 2. The maximum absolute atomic E-state index is 12.1. The molecule has 9 heteroatoms. The molecule has 0 spiro atoms. The van der Waals surface area contributed by atoms with Crippen LogP contribution < -0.4 is 4.74 Å². The second kappa shape index (κ2) is 11.0. The van der Waals surface area contributed by atoms with Crippen LogP contribution in [0.15, 0.2) is 109 Å². The Labute approximate surface area is 291 Å². The first-order valence-corrected chi connectivity index (χ1v) is 16.6. The third-order valence-electron chi connectivity index (χ3n) is 10.9. The summed E-state index contributed by atoms with van der Waals surface area (Å²) in [5, 5.41) is 87.5. The Balaban J connectivity index is 1.44. The van der Waals surface area contributed by atoms with Gasteiger partial charge >= 0.3 is 0 Å². The lowest BCUT2D eigenvalue weighted by molar-refractivity contribution is 0.221. The molecule has 0 bridgehead atoms. The summed E-state index contributed by atoms with van der Waals surface area (Å²) in [5.41, 5.74) is 6.00. The molecule has 0 fully saturated rings. The molecule has 0 aromatic heterocycles. The SMILES string of the molecule is Oc1ccc([C@H]2c3c(O)cc(O)cc3[C@H]3c4c(cc(O)c5c4[C@H]2[C@@H](c2ccc(O)cc2)[C@H]5c2cc(O)cc(O)c2)O[C@@H]3c2ccc(O)cc2)cc1. The van der Waals surface area contributed by atoms with Crippen molar-refractivity contribution in [2.45, 2.75) is 35.7 Å². The summed E-state index contributed by atoms with van der Waals surface area (Å²) in [7, 11) is 0. The van der Waals surface area contributed by atoms with E-state index >= 15 is 0 Å². The molecule has 0 amide bonds. The highest BCUT2D eigenvalue weighted by Gasteiger charge is 2.56. The number of benzene rings is 6. The van der Waals surface area contributed by atoms with Crippen molar-refractivity contribution in [2.24, 2.45) is 0 Å². The van der Waals surface area contributed by atoms with E-state index in [9.17, 15) is 40.9 Å². The molecule has 6 aromatic carbocycles. The third-order valence-corrected chi connectivity index (χ3v) is 10.9. The molecule has 1 heterocycles. The molecule has 0 saturated heterocycles. The second-order valence-electron chi connectivity index (χ2n) is 13.7. The van der Waals surface area contributed by atoms with Crippen molar-refractivity contribution in [1.82, 2.24) is 0 Å². The van der Waals surface area contributed by atoms with Crippen molar-refractivity contribution < 1.29 is 45.6 Å². The molecule has 0 unspecified atom stereocenters. The number of rotatable bonds is 4. The largest absolute Gasteiger partial charge is 0.508 e. The third kappa shape index (κ3) is 4.61. The fourth-order valence-corrected chi connectivity index (χ4v) is 9.08. The van der Waals surface area contributed by atoms with E-state index in [0.29, 0.717) is 28.0 Å². The Kier molecular flexibility index (Phi) is 6.60. The maximum atomic E-state index is 12.1. The van der Waals surface area contributed by atoms with Crippen LogP contribution >= 0.6 is 0 Å². The lowest BCUT2D eigenvalue weighted by Crippen LogP contribution is -2.20. The summed E-state index contributed by atoms with van der Waals surface area (Å²) in [4.78, 5) is 0. The number of hydrogen-bond acceptors (Lipinski definition) is 9. The molecule has 1 aliphatic heterocycles. The average Bonchev–Trinajstić information content (AvgIpc) is 3.60. The normalized spacial score (nSPS) is 22.5. The van der Waals surface area contributed by atoms with E-state index in [1.807, 2.05) is 12.1 Å². The highest BCUT2D eigenvalue weighted by Crippen LogP contribution is 2.70. The number of phenolic OH excluding ortho intramolecular Hbond substituents is 8. The zero-order chi connectivity index (χ0) is 35.3. The highest BCUT2D eigenvalue weighted by molar-refractivity contribution is 5.72. The Hall–Kier alpha value is -6.48. The molecule has 2 aliphatic carbocycles. The smallest absolute Gasteiger partial charge is 0.135 e. The first-order chi connectivity index (χ1) is 24.6. The number of aromatic hydroxyl groups is 8. The molecule has 9 rings (SSSR count). The molecule has 0 saturated carbocycles. The van der Waals surface area contributed by atoms with Gasteiger partial charge in [0.1, 0.15) is 57.8 Å². The van der Waals surface area contributed by atoms with Crippen LogP contribution in [-0.4, -0.2) is 40.9 Å². The van der Waals surface area contributed by atoms with E-state index < -0.39 is 35.7 Å². The summed E-state index contributed by atoms with van der Waals surface area (Å²) in [5.74, 6) is -3.02. The lowest BCUT2D eigenvalue weighted by Gasteiger charge is -2.34. The monoisotopic (exact) mass is 680 g/mol. The van der Waals surface area contributed by atoms with Gasteiger partial charge < -0.3 is 45.6 Å². The molecule has 6 atom stereocenters. The number of phenols is 8. The quantitative estimate of drug-likeness (QED) is 0.0927. The summed E-state index contributed by atoms with van der Waals surface area (Å²) < 4.78 is 6.70. The zero-order valence-electron chi connectivity index (χ0n) is 26.8. The van der Waals surface area contributed by atoms with Crippen LogP contribution in [0.1, 0.15) is 85.8 Å². The summed E-state index contributed by atoms with van der Waals surface area (Å²) in [6, 6.07) is 29.1. The molecule has 254 valence electrons. The first-order valence-electron chi connectivity index (χ1n) is 16.6. The Morgan fingerprint density at radius 1 is 0.353 bits per heavy atom. The second-order valence-corrected chi connectivity index (χ2v) is 13.7. The van der Waals surface area contributed by atoms with E-state index in [4.69, 9.17) is 4.74 Å². The van der Waals surface area contributed by atoms with Gasteiger partial charge in [-0.05, 0) is 88.0 Å². The fourth-order valence-electron chi connectivity index (χ4n) is 9.08. The molecule has 51 heavy (non-hydrogen) atoms. The van der Waals surface area contributed by atoms with E-state index in [-0.39, 0.29) is 46.0 Å². The van der Waals surface area contributed by atoms with Gasteiger partial charge in [-0.3, -0.25) is 0 Å². The standard InChI is InChI=1S/C42H32O9/c43-23-7-1-19(2-8-23)33-35(22-13-26(46)15-27(47)14-22)38-31(50)18-32-39-37(42(51-32)21-5-11-25(45)12-6-21)29-16-28(48)17-30(49)36(29)34(40(33)41(38)39)20-3-9-24(44)10-4-20/h1-18,33-35,37,40,42-50H/t33-,34-,35+,37-,40-,42+/m0/s1. The van der Waals surface area contributed by atoms with Gasteiger partial charge in [-0.1, -0.05) is 36.4 Å². The van der Waals surface area contributed by atoms with E-state index in [0.717, 1.165) is 27.8 Å². The van der Waals surface area contributed by atoms with Gasteiger partial charge in [0.15, 0.2) is 0 Å². The highest BCUT2D eigenvalue weighted by atomic mass is 16.5. The zero-order valence-corrected chi connectivity index (χ0v) is 26.8. The van der Waals surface area contributed by atoms with Crippen molar-refractivity contribution in [3.63, 3.8) is 0 Å². The van der Waals surface area contributed by atoms with E-state index in [1.165, 1.54) is 12.1 Å². The minimum Gasteiger partial charge on any atom is -0.508 e. The van der Waals surface area contributed by atoms with Crippen molar-refractivity contribution in [1.29, 1.82) is 0 Å². The van der Waals surface area contributed by atoms with Crippen molar-refractivity contribution >= 4 is 0 Å². The Morgan fingerprint density at radius 3 is 1.47 bits per heavy atom. The van der Waals surface area contributed by atoms with Crippen LogP contribution in [0.4, 0.5) is 0 Å². The van der Waals surface area contributed by atoms with Crippen LogP contribution in [0.3, 0.4) is 0 Å². The van der Waals surface area contributed by atoms with E-state index in [1.54, 1.807) is 84.9 Å². The van der Waals surface area contributed by atoms with Crippen LogP contribution in [0, 0.1) is 0 Å². The van der Waals surface area contributed by atoms with Crippen molar-refractivity contribution in [3.05, 3.63) is 159 Å². The number of ether oxygens (including phenoxy) is 1. The molecule has 9 nitrogen and oxygen atoms in total. The van der Waals surface area contributed by atoms with Gasteiger partial charge in [0, 0.05) is 58.6 Å². The first kappa shape index (κ1) is 30.6. The van der Waals surface area contributed by atoms with Crippen molar-refractivity contribution in [2.75, 3.05) is 0 Å². The molecule has 8 N–H and O–H groups in total. The van der Waals surface area contributed by atoms with Gasteiger partial charge in [0.25, 0.3) is 0 Å². The summed E-state index contributed by atoms with van der Waals surface area (Å²) in [6.07, 6.45) is -0.693. The van der Waals surface area contributed by atoms with Crippen LogP contribution in [0.5, 0.6) is 51.7 Å². The number of hydrogen-bond donors (Lipinski definition) is 8. The van der Waals surface area contributed by atoms with Crippen LogP contribution in [0.25, 0.3) is 0 Å². The minimum absolute atomic E-state index is 0.0537.